The van der Waals surface area contributed by atoms with Crippen LogP contribution in [0.1, 0.15) is 42.4 Å². The minimum Gasteiger partial charge on any atom is -0.299 e. The highest BCUT2D eigenvalue weighted by molar-refractivity contribution is 5.87. The van der Waals surface area contributed by atoms with Crippen molar-refractivity contribution in [3.8, 4) is 0 Å². The van der Waals surface area contributed by atoms with E-state index in [-0.39, 0.29) is 0 Å². The molecule has 2 aliphatic rings. The van der Waals surface area contributed by atoms with Gasteiger partial charge in [-0.2, -0.15) is 0 Å². The van der Waals surface area contributed by atoms with Crippen molar-refractivity contribution in [2.24, 2.45) is 17.8 Å². The number of carbonyl (C=O) groups is 1. The SMILES string of the molecule is Cc1cccc(C)c1CC(=O)C1C2CCCCC21. The van der Waals surface area contributed by atoms with Crippen LogP contribution in [0.4, 0.5) is 0 Å². The molecule has 1 aromatic carbocycles. The van der Waals surface area contributed by atoms with E-state index in [9.17, 15) is 4.79 Å². The van der Waals surface area contributed by atoms with Gasteiger partial charge in [-0.25, -0.2) is 0 Å². The molecule has 18 heavy (non-hydrogen) atoms. The second kappa shape index (κ2) is 4.53. The third kappa shape index (κ3) is 2.00. The summed E-state index contributed by atoms with van der Waals surface area (Å²) in [7, 11) is 0. The lowest BCUT2D eigenvalue weighted by Gasteiger charge is -2.08. The minimum atomic E-state index is 0.409. The number of fused-ring (bicyclic) bond motifs is 1. The first-order valence-electron chi connectivity index (χ1n) is 7.26. The number of hydrogen-bond acceptors (Lipinski definition) is 1. The van der Waals surface area contributed by atoms with Gasteiger partial charge in [-0.3, -0.25) is 4.79 Å². The van der Waals surface area contributed by atoms with Crippen LogP contribution >= 0.6 is 0 Å². The number of benzene rings is 1. The van der Waals surface area contributed by atoms with E-state index in [1.165, 1.54) is 42.4 Å². The lowest BCUT2D eigenvalue weighted by Crippen LogP contribution is -2.09. The number of ketones is 1. The smallest absolute Gasteiger partial charge is 0.140 e. The Hall–Kier alpha value is -1.11. The molecule has 2 saturated carbocycles. The van der Waals surface area contributed by atoms with Gasteiger partial charge in [0.15, 0.2) is 0 Å². The molecule has 1 heteroatoms. The van der Waals surface area contributed by atoms with Gasteiger partial charge in [-0.1, -0.05) is 31.0 Å². The summed E-state index contributed by atoms with van der Waals surface area (Å²) in [6.45, 7) is 4.24. The van der Waals surface area contributed by atoms with Crippen molar-refractivity contribution in [3.05, 3.63) is 34.9 Å². The fourth-order valence-corrected chi connectivity index (χ4v) is 3.89. The third-order valence-electron chi connectivity index (χ3n) is 5.02. The molecule has 2 unspecified atom stereocenters. The molecule has 2 fully saturated rings. The molecule has 0 saturated heterocycles. The highest BCUT2D eigenvalue weighted by Gasteiger charge is 2.53. The van der Waals surface area contributed by atoms with Crippen LogP contribution in [0, 0.1) is 31.6 Å². The zero-order valence-electron chi connectivity index (χ0n) is 11.4. The number of hydrogen-bond donors (Lipinski definition) is 0. The van der Waals surface area contributed by atoms with Crippen LogP contribution in [-0.2, 0) is 11.2 Å². The van der Waals surface area contributed by atoms with Crippen molar-refractivity contribution >= 4 is 5.78 Å². The van der Waals surface area contributed by atoms with Gasteiger partial charge in [0.2, 0.25) is 0 Å². The minimum absolute atomic E-state index is 0.409. The van der Waals surface area contributed by atoms with E-state index in [0.29, 0.717) is 18.1 Å². The van der Waals surface area contributed by atoms with Crippen molar-refractivity contribution in [1.29, 1.82) is 0 Å². The van der Waals surface area contributed by atoms with Crippen LogP contribution < -0.4 is 0 Å². The van der Waals surface area contributed by atoms with Gasteiger partial charge in [-0.05, 0) is 55.2 Å². The number of rotatable bonds is 3. The summed E-state index contributed by atoms with van der Waals surface area (Å²) in [5, 5.41) is 0. The molecule has 2 aliphatic carbocycles. The van der Waals surface area contributed by atoms with Crippen LogP contribution in [0.15, 0.2) is 18.2 Å². The monoisotopic (exact) mass is 242 g/mol. The van der Waals surface area contributed by atoms with Crippen LogP contribution in [0.5, 0.6) is 0 Å². The largest absolute Gasteiger partial charge is 0.299 e. The maximum atomic E-state index is 12.4. The third-order valence-corrected chi connectivity index (χ3v) is 5.02. The average Bonchev–Trinajstić information content (AvgIpc) is 3.08. The lowest BCUT2D eigenvalue weighted by atomic mass is 9.96. The summed E-state index contributed by atoms with van der Waals surface area (Å²) in [6.07, 6.45) is 5.94. The molecule has 2 atom stereocenters. The van der Waals surface area contributed by atoms with E-state index in [1.807, 2.05) is 0 Å². The topological polar surface area (TPSA) is 17.1 Å². The summed E-state index contributed by atoms with van der Waals surface area (Å²) < 4.78 is 0. The second-order valence-corrected chi connectivity index (χ2v) is 6.15. The molecule has 96 valence electrons. The van der Waals surface area contributed by atoms with Gasteiger partial charge in [0.1, 0.15) is 5.78 Å². The Labute approximate surface area is 110 Å². The van der Waals surface area contributed by atoms with Crippen LogP contribution in [-0.4, -0.2) is 5.78 Å². The van der Waals surface area contributed by atoms with E-state index in [2.05, 4.69) is 32.0 Å². The van der Waals surface area contributed by atoms with Crippen molar-refractivity contribution in [2.75, 3.05) is 0 Å². The number of Topliss-reactive ketones (excluding diaryl/α,β-unsaturated/α-hetero) is 1. The molecular weight excluding hydrogens is 220 g/mol. The number of aryl methyl sites for hydroxylation is 2. The van der Waals surface area contributed by atoms with Gasteiger partial charge in [-0.15, -0.1) is 0 Å². The predicted molar refractivity (Wildman–Crippen MR) is 73.6 cm³/mol. The quantitative estimate of drug-likeness (QED) is 0.786. The molecule has 0 radical (unpaired) electrons. The van der Waals surface area contributed by atoms with Crippen molar-refractivity contribution in [3.63, 3.8) is 0 Å². The molecule has 0 aromatic heterocycles. The standard InChI is InChI=1S/C17H22O/c1-11-6-5-7-12(2)15(11)10-16(18)17-13-8-3-4-9-14(13)17/h5-7,13-14,17H,3-4,8-10H2,1-2H3. The van der Waals surface area contributed by atoms with E-state index < -0.39 is 0 Å². The van der Waals surface area contributed by atoms with Crippen molar-refractivity contribution in [1.82, 2.24) is 0 Å². The highest BCUT2D eigenvalue weighted by Crippen LogP contribution is 2.56. The maximum absolute atomic E-state index is 12.4. The fourth-order valence-electron chi connectivity index (χ4n) is 3.89. The number of carbonyl (C=O) groups excluding carboxylic acids is 1. The zero-order valence-corrected chi connectivity index (χ0v) is 11.4. The molecule has 0 bridgehead atoms. The lowest BCUT2D eigenvalue weighted by molar-refractivity contribution is -0.120. The van der Waals surface area contributed by atoms with Gasteiger partial charge >= 0.3 is 0 Å². The Balaban J connectivity index is 1.72. The summed E-state index contributed by atoms with van der Waals surface area (Å²) in [5.74, 6) is 2.40. The first-order chi connectivity index (χ1) is 8.68. The van der Waals surface area contributed by atoms with Gasteiger partial charge in [0.25, 0.3) is 0 Å². The van der Waals surface area contributed by atoms with Gasteiger partial charge < -0.3 is 0 Å². The first kappa shape index (κ1) is 12.0. The summed E-state index contributed by atoms with van der Waals surface area (Å²) in [4.78, 5) is 12.4. The van der Waals surface area contributed by atoms with Gasteiger partial charge in [0.05, 0.1) is 0 Å². The molecule has 0 amide bonds. The zero-order chi connectivity index (χ0) is 12.7. The molecule has 1 nitrogen and oxygen atoms in total. The van der Waals surface area contributed by atoms with Crippen LogP contribution in [0.3, 0.4) is 0 Å². The van der Waals surface area contributed by atoms with Crippen LogP contribution in [0.25, 0.3) is 0 Å². The molecule has 1 aromatic rings. The molecule has 3 rings (SSSR count). The first-order valence-corrected chi connectivity index (χ1v) is 7.26. The molecule has 0 aliphatic heterocycles. The van der Waals surface area contributed by atoms with E-state index >= 15 is 0 Å². The summed E-state index contributed by atoms with van der Waals surface area (Å²) in [6, 6.07) is 6.32. The van der Waals surface area contributed by atoms with Crippen molar-refractivity contribution in [2.45, 2.75) is 46.0 Å². The van der Waals surface area contributed by atoms with E-state index in [0.717, 1.165) is 11.8 Å². The second-order valence-electron chi connectivity index (χ2n) is 6.15. The highest BCUT2D eigenvalue weighted by atomic mass is 16.1. The molecular formula is C17H22O. The van der Waals surface area contributed by atoms with E-state index in [1.54, 1.807) is 0 Å². The Kier molecular flexibility index (Phi) is 3.01. The Bertz CT molecular complexity index is 442. The molecule has 0 N–H and O–H groups in total. The molecule has 0 spiro atoms. The summed E-state index contributed by atoms with van der Waals surface area (Å²) in [5.41, 5.74) is 3.81. The maximum Gasteiger partial charge on any atom is 0.140 e. The van der Waals surface area contributed by atoms with Crippen LogP contribution in [0.2, 0.25) is 0 Å². The summed E-state index contributed by atoms with van der Waals surface area (Å²) >= 11 is 0. The molecule has 0 heterocycles. The van der Waals surface area contributed by atoms with Crippen molar-refractivity contribution < 1.29 is 4.79 Å². The average molecular weight is 242 g/mol. The fraction of sp³-hybridized carbons (Fsp3) is 0.588. The predicted octanol–water partition coefficient (Wildman–Crippen LogP) is 3.85. The Morgan fingerprint density at radius 3 is 2.22 bits per heavy atom. The normalized spacial score (nSPS) is 29.8. The van der Waals surface area contributed by atoms with E-state index in [4.69, 9.17) is 0 Å². The van der Waals surface area contributed by atoms with Gasteiger partial charge in [0, 0.05) is 12.3 Å². The Morgan fingerprint density at radius 2 is 1.67 bits per heavy atom. The Morgan fingerprint density at radius 1 is 1.11 bits per heavy atom.